The second-order valence-electron chi connectivity index (χ2n) is 22.4. The van der Waals surface area contributed by atoms with Crippen LogP contribution in [0.5, 0.6) is 0 Å². The van der Waals surface area contributed by atoms with Crippen molar-refractivity contribution >= 4 is 5.91 Å². The Labute approximate surface area is 449 Å². The van der Waals surface area contributed by atoms with E-state index in [1.807, 2.05) is 0 Å². The molecule has 0 saturated heterocycles. The Morgan fingerprint density at radius 3 is 0.875 bits per heavy atom. The van der Waals surface area contributed by atoms with Gasteiger partial charge in [-0.05, 0) is 64.2 Å². The normalized spacial score (nSPS) is 13.8. The van der Waals surface area contributed by atoms with Crippen molar-refractivity contribution in [2.45, 2.75) is 372 Å². The molecule has 0 aromatic carbocycles. The molecule has 5 N–H and O–H groups in total. The van der Waals surface area contributed by atoms with E-state index >= 15 is 0 Å². The summed E-state index contributed by atoms with van der Waals surface area (Å²) >= 11 is 0. The van der Waals surface area contributed by atoms with Crippen molar-refractivity contribution in [1.29, 1.82) is 0 Å². The Bertz CT molecular complexity index is 1140. The molecule has 0 spiro atoms. The summed E-state index contributed by atoms with van der Waals surface area (Å²) in [5.41, 5.74) is 0. The van der Waals surface area contributed by atoms with Gasteiger partial charge in [0.25, 0.3) is 0 Å². The van der Waals surface area contributed by atoms with Crippen LogP contribution in [-0.2, 0) is 4.79 Å². The number of aliphatic hydroxyl groups is 4. The van der Waals surface area contributed by atoms with E-state index in [2.05, 4.69) is 55.6 Å². The van der Waals surface area contributed by atoms with Gasteiger partial charge in [0.1, 0.15) is 12.2 Å². The molecule has 4 unspecified atom stereocenters. The highest BCUT2D eigenvalue weighted by molar-refractivity contribution is 5.80. The van der Waals surface area contributed by atoms with Crippen molar-refractivity contribution in [2.75, 3.05) is 6.61 Å². The van der Waals surface area contributed by atoms with Gasteiger partial charge >= 0.3 is 0 Å². The van der Waals surface area contributed by atoms with E-state index in [0.717, 1.165) is 51.4 Å². The van der Waals surface area contributed by atoms with E-state index in [0.29, 0.717) is 19.3 Å². The fourth-order valence-electron chi connectivity index (χ4n) is 10.3. The smallest absolute Gasteiger partial charge is 0.249 e. The van der Waals surface area contributed by atoms with Gasteiger partial charge in [-0.3, -0.25) is 4.79 Å². The Morgan fingerprint density at radius 1 is 0.333 bits per heavy atom. The zero-order valence-corrected chi connectivity index (χ0v) is 48.4. The number of rotatable bonds is 60. The van der Waals surface area contributed by atoms with Crippen LogP contribution in [0.25, 0.3) is 0 Å². The summed E-state index contributed by atoms with van der Waals surface area (Å²) in [5, 5.41) is 44.1. The summed E-state index contributed by atoms with van der Waals surface area (Å²) in [6, 6.07) is -1.01. The molecule has 0 heterocycles. The first-order chi connectivity index (χ1) is 35.5. The second kappa shape index (κ2) is 60.4. The lowest BCUT2D eigenvalue weighted by molar-refractivity contribution is -0.132. The molecule has 4 atom stereocenters. The standard InChI is InChI=1S/C66H127NO5/c1-3-5-7-9-11-13-15-17-19-21-23-25-27-29-31-32-33-34-36-37-39-41-43-45-47-49-51-53-55-57-59-63(69)65(71)62(61-68)67-66(72)64(70)60-58-56-54-52-50-48-46-44-42-40-38-35-30-28-26-24-22-20-18-16-14-12-10-8-6-4-2/h36-37,43,45,51,53,62-65,68-71H,3-35,38-42,44,46-50,52,54-61H2,1-2H3,(H,67,72)/b37-36+,45-43+,53-51+. The van der Waals surface area contributed by atoms with Gasteiger partial charge in [-0.1, -0.05) is 320 Å². The van der Waals surface area contributed by atoms with Crippen LogP contribution >= 0.6 is 0 Å². The highest BCUT2D eigenvalue weighted by Gasteiger charge is 2.28. The van der Waals surface area contributed by atoms with Gasteiger partial charge in [-0.15, -0.1) is 0 Å². The molecule has 6 nitrogen and oxygen atoms in total. The molecule has 0 bridgehead atoms. The van der Waals surface area contributed by atoms with Crippen molar-refractivity contribution in [3.8, 4) is 0 Å². The summed E-state index contributed by atoms with van der Waals surface area (Å²) < 4.78 is 0. The van der Waals surface area contributed by atoms with Crippen LogP contribution < -0.4 is 5.32 Å². The van der Waals surface area contributed by atoms with Gasteiger partial charge < -0.3 is 25.7 Å². The molecule has 0 saturated carbocycles. The number of allylic oxidation sites excluding steroid dienone is 6. The van der Waals surface area contributed by atoms with Crippen LogP contribution in [0.4, 0.5) is 0 Å². The maximum absolute atomic E-state index is 12.6. The lowest BCUT2D eigenvalue weighted by Crippen LogP contribution is -2.53. The summed E-state index contributed by atoms with van der Waals surface area (Å²) in [4.78, 5) is 12.6. The van der Waals surface area contributed by atoms with Gasteiger partial charge in [-0.25, -0.2) is 0 Å². The number of hydrogen-bond donors (Lipinski definition) is 5. The van der Waals surface area contributed by atoms with Crippen LogP contribution in [0.15, 0.2) is 36.5 Å². The molecule has 0 aliphatic heterocycles. The van der Waals surface area contributed by atoms with E-state index in [1.54, 1.807) is 0 Å². The third-order valence-electron chi connectivity index (χ3n) is 15.3. The summed E-state index contributed by atoms with van der Waals surface area (Å²) in [6.45, 7) is 4.09. The van der Waals surface area contributed by atoms with Crippen LogP contribution in [0.3, 0.4) is 0 Å². The van der Waals surface area contributed by atoms with Crippen molar-refractivity contribution in [2.24, 2.45) is 0 Å². The highest BCUT2D eigenvalue weighted by atomic mass is 16.3. The fraction of sp³-hybridized carbons (Fsp3) is 0.894. The first-order valence-electron chi connectivity index (χ1n) is 32.4. The quantitative estimate of drug-likeness (QED) is 0.0308. The third-order valence-corrected chi connectivity index (χ3v) is 15.3. The van der Waals surface area contributed by atoms with Gasteiger partial charge in [0.2, 0.25) is 5.91 Å². The van der Waals surface area contributed by atoms with Crippen LogP contribution in [0.2, 0.25) is 0 Å². The first kappa shape index (κ1) is 70.5. The number of carbonyl (C=O) groups is 1. The lowest BCUT2D eigenvalue weighted by Gasteiger charge is -2.27. The molecule has 426 valence electrons. The maximum atomic E-state index is 12.6. The topological polar surface area (TPSA) is 110 Å². The average Bonchev–Trinajstić information content (AvgIpc) is 3.39. The Kier molecular flexibility index (Phi) is 59.2. The number of amides is 1. The van der Waals surface area contributed by atoms with Crippen molar-refractivity contribution in [3.05, 3.63) is 36.5 Å². The lowest BCUT2D eigenvalue weighted by atomic mass is 10.00. The molecule has 0 radical (unpaired) electrons. The monoisotopic (exact) mass is 1010 g/mol. The Hall–Kier alpha value is -1.47. The molecular formula is C66H127NO5. The fourth-order valence-corrected chi connectivity index (χ4v) is 10.3. The predicted octanol–water partition coefficient (Wildman–Crippen LogP) is 19.5. The average molecular weight is 1010 g/mol. The molecule has 0 aromatic rings. The molecule has 0 aliphatic rings. The van der Waals surface area contributed by atoms with E-state index in [1.165, 1.54) is 263 Å². The number of unbranched alkanes of at least 4 members (excludes halogenated alkanes) is 45. The number of nitrogens with one attached hydrogen (secondary N) is 1. The van der Waals surface area contributed by atoms with Crippen molar-refractivity contribution in [1.82, 2.24) is 5.32 Å². The molecule has 72 heavy (non-hydrogen) atoms. The van der Waals surface area contributed by atoms with E-state index in [4.69, 9.17) is 0 Å². The maximum Gasteiger partial charge on any atom is 0.249 e. The number of carbonyl (C=O) groups excluding carboxylic acids is 1. The molecule has 0 aromatic heterocycles. The highest BCUT2D eigenvalue weighted by Crippen LogP contribution is 2.19. The number of hydrogen-bond acceptors (Lipinski definition) is 5. The van der Waals surface area contributed by atoms with Crippen molar-refractivity contribution in [3.63, 3.8) is 0 Å². The predicted molar refractivity (Wildman–Crippen MR) is 316 cm³/mol. The molecule has 0 rings (SSSR count). The third kappa shape index (κ3) is 53.4. The van der Waals surface area contributed by atoms with Crippen molar-refractivity contribution < 1.29 is 25.2 Å². The Balaban J connectivity index is 3.64. The summed E-state index contributed by atoms with van der Waals surface area (Å²) in [5.74, 6) is -0.593. The van der Waals surface area contributed by atoms with Gasteiger partial charge in [0.05, 0.1) is 18.8 Å². The largest absolute Gasteiger partial charge is 0.394 e. The van der Waals surface area contributed by atoms with E-state index in [9.17, 15) is 25.2 Å². The first-order valence-corrected chi connectivity index (χ1v) is 32.4. The summed E-state index contributed by atoms with van der Waals surface area (Å²) in [6.07, 6.45) is 76.8. The van der Waals surface area contributed by atoms with E-state index < -0.39 is 36.9 Å². The van der Waals surface area contributed by atoms with Crippen LogP contribution in [0, 0.1) is 0 Å². The molecule has 1 amide bonds. The van der Waals surface area contributed by atoms with Crippen LogP contribution in [0.1, 0.15) is 348 Å². The minimum absolute atomic E-state index is 0.362. The second-order valence-corrected chi connectivity index (χ2v) is 22.4. The molecule has 0 fully saturated rings. The zero-order valence-electron chi connectivity index (χ0n) is 48.4. The minimum atomic E-state index is -1.29. The zero-order chi connectivity index (χ0) is 52.3. The molecule has 0 aliphatic carbocycles. The van der Waals surface area contributed by atoms with E-state index in [-0.39, 0.29) is 0 Å². The number of aliphatic hydroxyl groups excluding tert-OH is 4. The van der Waals surface area contributed by atoms with Gasteiger partial charge in [0, 0.05) is 0 Å². The van der Waals surface area contributed by atoms with Crippen LogP contribution in [-0.4, -0.2) is 57.3 Å². The molecular weight excluding hydrogens is 887 g/mol. The minimum Gasteiger partial charge on any atom is -0.394 e. The summed E-state index contributed by atoms with van der Waals surface area (Å²) in [7, 11) is 0. The van der Waals surface area contributed by atoms with Gasteiger partial charge in [0.15, 0.2) is 0 Å². The van der Waals surface area contributed by atoms with Gasteiger partial charge in [-0.2, -0.15) is 0 Å². The Morgan fingerprint density at radius 2 is 0.583 bits per heavy atom. The molecule has 6 heteroatoms. The SMILES string of the molecule is CCCCCCCCCCCCCCCCCCC/C=C/CC/C=C/CC/C=C/CCCC(O)C(O)C(CO)NC(=O)C(O)CCCCCCCCCCCCCCCCCCCCCCCCCCCC.